The van der Waals surface area contributed by atoms with Gasteiger partial charge in [0.15, 0.2) is 0 Å². The number of rotatable bonds is 4. The van der Waals surface area contributed by atoms with Gasteiger partial charge < -0.3 is 5.73 Å². The summed E-state index contributed by atoms with van der Waals surface area (Å²) >= 11 is 3.22. The number of nitrogens with two attached hydrogens (primary N) is 1. The zero-order valence-electron chi connectivity index (χ0n) is 11.1. The van der Waals surface area contributed by atoms with Crippen molar-refractivity contribution in [2.24, 2.45) is 7.05 Å². The van der Waals surface area contributed by atoms with Crippen molar-refractivity contribution in [2.75, 3.05) is 10.5 Å². The highest BCUT2D eigenvalue weighted by atomic mass is 79.9. The summed E-state index contributed by atoms with van der Waals surface area (Å²) in [7, 11) is -1.94. The quantitative estimate of drug-likeness (QED) is 0.819. The average Bonchev–Trinajstić information content (AvgIpc) is 2.67. The van der Waals surface area contributed by atoms with Crippen LogP contribution >= 0.6 is 15.9 Å². The molecule has 6 nitrogen and oxygen atoms in total. The van der Waals surface area contributed by atoms with Gasteiger partial charge in [0.1, 0.15) is 4.90 Å². The third-order valence-electron chi connectivity index (χ3n) is 2.73. The fraction of sp³-hybridized carbons (Fsp3) is 0.250. The molecule has 0 amide bonds. The fourth-order valence-corrected chi connectivity index (χ4v) is 3.98. The standard InChI is InChI=1S/C12H15BrN4O2S/c1-3-10-11(7-17(2)15-10)16-20(18,19)12-5-4-8(14)6-9(12)13/h4-7,16H,3,14H2,1-2H3. The van der Waals surface area contributed by atoms with Crippen molar-refractivity contribution >= 4 is 37.3 Å². The van der Waals surface area contributed by atoms with E-state index >= 15 is 0 Å². The molecule has 0 aliphatic carbocycles. The minimum absolute atomic E-state index is 0.137. The highest BCUT2D eigenvalue weighted by molar-refractivity contribution is 9.10. The lowest BCUT2D eigenvalue weighted by Gasteiger charge is -2.09. The molecule has 0 spiro atoms. The summed E-state index contributed by atoms with van der Waals surface area (Å²) in [5, 5.41) is 4.20. The van der Waals surface area contributed by atoms with E-state index in [1.165, 1.54) is 6.07 Å². The van der Waals surface area contributed by atoms with Gasteiger partial charge in [-0.25, -0.2) is 8.42 Å². The lowest BCUT2D eigenvalue weighted by atomic mass is 10.3. The van der Waals surface area contributed by atoms with E-state index in [9.17, 15) is 8.42 Å². The van der Waals surface area contributed by atoms with Gasteiger partial charge in [-0.2, -0.15) is 5.10 Å². The molecule has 20 heavy (non-hydrogen) atoms. The number of benzene rings is 1. The Morgan fingerprint density at radius 1 is 1.45 bits per heavy atom. The zero-order chi connectivity index (χ0) is 14.9. The maximum absolute atomic E-state index is 12.4. The molecule has 2 aromatic rings. The number of sulfonamides is 1. The Balaban J connectivity index is 2.40. The molecule has 0 radical (unpaired) electrons. The van der Waals surface area contributed by atoms with Crippen LogP contribution in [0.25, 0.3) is 0 Å². The van der Waals surface area contributed by atoms with E-state index in [1.807, 2.05) is 6.92 Å². The number of nitrogen functional groups attached to an aromatic ring is 1. The van der Waals surface area contributed by atoms with Crippen LogP contribution in [0, 0.1) is 0 Å². The van der Waals surface area contributed by atoms with Crippen LogP contribution in [0.1, 0.15) is 12.6 Å². The summed E-state index contributed by atoms with van der Waals surface area (Å²) in [4.78, 5) is 0.137. The van der Waals surface area contributed by atoms with Crippen LogP contribution in [0.4, 0.5) is 11.4 Å². The van der Waals surface area contributed by atoms with E-state index in [0.717, 1.165) is 0 Å². The summed E-state index contributed by atoms with van der Waals surface area (Å²) < 4.78 is 29.3. The summed E-state index contributed by atoms with van der Waals surface area (Å²) in [6.45, 7) is 1.92. The zero-order valence-corrected chi connectivity index (χ0v) is 13.5. The minimum atomic E-state index is -3.69. The molecule has 0 atom stereocenters. The highest BCUT2D eigenvalue weighted by Crippen LogP contribution is 2.27. The Hall–Kier alpha value is -1.54. The molecule has 8 heteroatoms. The van der Waals surface area contributed by atoms with Crippen molar-refractivity contribution in [1.82, 2.24) is 9.78 Å². The molecule has 0 bridgehead atoms. The SMILES string of the molecule is CCc1nn(C)cc1NS(=O)(=O)c1ccc(N)cc1Br. The molecule has 1 aromatic carbocycles. The number of halogens is 1. The molecule has 0 fully saturated rings. The predicted molar refractivity (Wildman–Crippen MR) is 81.9 cm³/mol. The van der Waals surface area contributed by atoms with Crippen LogP contribution in [-0.4, -0.2) is 18.2 Å². The van der Waals surface area contributed by atoms with Crippen LogP contribution in [0.15, 0.2) is 33.8 Å². The summed E-state index contributed by atoms with van der Waals surface area (Å²) in [5.41, 5.74) is 7.29. The van der Waals surface area contributed by atoms with Crippen LogP contribution in [0.3, 0.4) is 0 Å². The first-order valence-electron chi connectivity index (χ1n) is 5.94. The van der Waals surface area contributed by atoms with Crippen molar-refractivity contribution in [2.45, 2.75) is 18.2 Å². The van der Waals surface area contributed by atoms with E-state index in [4.69, 9.17) is 5.73 Å². The summed E-state index contributed by atoms with van der Waals surface area (Å²) in [6.07, 6.45) is 2.28. The van der Waals surface area contributed by atoms with E-state index < -0.39 is 10.0 Å². The fourth-order valence-electron chi connectivity index (χ4n) is 1.82. The van der Waals surface area contributed by atoms with Gasteiger partial charge in [0.2, 0.25) is 0 Å². The van der Waals surface area contributed by atoms with Crippen molar-refractivity contribution in [3.63, 3.8) is 0 Å². The maximum atomic E-state index is 12.4. The molecule has 0 saturated carbocycles. The van der Waals surface area contributed by atoms with Crippen LogP contribution in [0.2, 0.25) is 0 Å². The highest BCUT2D eigenvalue weighted by Gasteiger charge is 2.20. The second-order valence-corrected chi connectivity index (χ2v) is 6.82. The van der Waals surface area contributed by atoms with Gasteiger partial charge in [0.05, 0.1) is 11.4 Å². The molecule has 0 aliphatic heterocycles. The molecule has 3 N–H and O–H groups in total. The second kappa shape index (κ2) is 5.45. The monoisotopic (exact) mass is 358 g/mol. The first kappa shape index (κ1) is 14.9. The Bertz CT molecular complexity index is 740. The molecule has 1 aromatic heterocycles. The number of hydrogen-bond donors (Lipinski definition) is 2. The van der Waals surface area contributed by atoms with E-state index in [-0.39, 0.29) is 4.90 Å². The minimum Gasteiger partial charge on any atom is -0.399 e. The number of aryl methyl sites for hydroxylation is 2. The van der Waals surface area contributed by atoms with Gasteiger partial charge in [-0.15, -0.1) is 0 Å². The first-order chi connectivity index (χ1) is 9.33. The smallest absolute Gasteiger partial charge is 0.263 e. The molecular weight excluding hydrogens is 344 g/mol. The number of aromatic nitrogens is 2. The van der Waals surface area contributed by atoms with Crippen molar-refractivity contribution in [1.29, 1.82) is 0 Å². The maximum Gasteiger partial charge on any atom is 0.263 e. The second-order valence-electron chi connectivity index (χ2n) is 4.31. The molecule has 2 rings (SSSR count). The largest absolute Gasteiger partial charge is 0.399 e. The van der Waals surface area contributed by atoms with Crippen molar-refractivity contribution in [3.8, 4) is 0 Å². The lowest BCUT2D eigenvalue weighted by molar-refractivity contribution is 0.600. The van der Waals surface area contributed by atoms with Gasteiger partial charge in [-0.05, 0) is 40.5 Å². The Morgan fingerprint density at radius 2 is 2.15 bits per heavy atom. The number of nitrogens with zero attached hydrogens (tertiary/aromatic N) is 2. The van der Waals surface area contributed by atoms with Crippen molar-refractivity contribution in [3.05, 3.63) is 34.6 Å². The summed E-state index contributed by atoms with van der Waals surface area (Å²) in [5.74, 6) is 0. The Labute approximate surface area is 126 Å². The molecule has 1 heterocycles. The molecule has 108 valence electrons. The number of nitrogens with one attached hydrogen (secondary N) is 1. The summed E-state index contributed by atoms with van der Waals surface area (Å²) in [6, 6.07) is 4.56. The van der Waals surface area contributed by atoms with E-state index in [2.05, 4.69) is 25.8 Å². The topological polar surface area (TPSA) is 90.0 Å². The molecule has 0 aliphatic rings. The molecule has 0 saturated heterocycles. The third kappa shape index (κ3) is 2.96. The van der Waals surface area contributed by atoms with Gasteiger partial charge in [-0.3, -0.25) is 9.40 Å². The lowest BCUT2D eigenvalue weighted by Crippen LogP contribution is -2.14. The van der Waals surface area contributed by atoms with E-state index in [0.29, 0.717) is 28.0 Å². The molecular formula is C12H15BrN4O2S. The Kier molecular flexibility index (Phi) is 4.05. The van der Waals surface area contributed by atoms with Crippen LogP contribution in [-0.2, 0) is 23.5 Å². The van der Waals surface area contributed by atoms with Gasteiger partial charge in [-0.1, -0.05) is 6.92 Å². The van der Waals surface area contributed by atoms with Gasteiger partial charge >= 0.3 is 0 Å². The normalized spacial score (nSPS) is 11.6. The third-order valence-corrected chi connectivity index (χ3v) is 5.07. The number of anilines is 2. The van der Waals surface area contributed by atoms with Crippen LogP contribution < -0.4 is 10.5 Å². The van der Waals surface area contributed by atoms with Crippen LogP contribution in [0.5, 0.6) is 0 Å². The number of hydrogen-bond acceptors (Lipinski definition) is 4. The predicted octanol–water partition coefficient (Wildman–Crippen LogP) is 2.13. The van der Waals surface area contributed by atoms with Gasteiger partial charge in [0.25, 0.3) is 10.0 Å². The molecule has 0 unspecified atom stereocenters. The first-order valence-corrected chi connectivity index (χ1v) is 8.21. The van der Waals surface area contributed by atoms with Crippen molar-refractivity contribution < 1.29 is 8.42 Å². The Morgan fingerprint density at radius 3 is 2.75 bits per heavy atom. The van der Waals surface area contributed by atoms with Gasteiger partial charge in [0, 0.05) is 23.4 Å². The average molecular weight is 359 g/mol. The van der Waals surface area contributed by atoms with E-state index in [1.54, 1.807) is 30.1 Å².